The van der Waals surface area contributed by atoms with Gasteiger partial charge in [0, 0.05) is 17.1 Å². The summed E-state index contributed by atoms with van der Waals surface area (Å²) in [6.45, 7) is 3.94. The molecule has 0 atom stereocenters. The first kappa shape index (κ1) is 9.42. The fourth-order valence-electron chi connectivity index (χ4n) is 0.969. The van der Waals surface area contributed by atoms with E-state index in [4.69, 9.17) is 5.73 Å². The maximum Gasteiger partial charge on any atom is 0.0449 e. The van der Waals surface area contributed by atoms with Crippen LogP contribution in [0.3, 0.4) is 0 Å². The van der Waals surface area contributed by atoms with E-state index in [0.29, 0.717) is 0 Å². The summed E-state index contributed by atoms with van der Waals surface area (Å²) in [7, 11) is 0. The van der Waals surface area contributed by atoms with E-state index in [1.54, 1.807) is 0 Å². The Kier molecular flexibility index (Phi) is 3.44. The van der Waals surface area contributed by atoms with Crippen molar-refractivity contribution in [1.29, 1.82) is 0 Å². The molecule has 0 aliphatic heterocycles. The average molecular weight is 182 g/mol. The molecule has 0 radical (unpaired) electrons. The molecule has 0 aromatic heterocycles. The molecule has 3 N–H and O–H groups in total. The van der Waals surface area contributed by atoms with Crippen LogP contribution in [0.15, 0.2) is 23.1 Å². The largest absolute Gasteiger partial charge is 0.398 e. The summed E-state index contributed by atoms with van der Waals surface area (Å²) in [5.41, 5.74) is 7.57. The summed E-state index contributed by atoms with van der Waals surface area (Å²) in [4.78, 5) is 0.852. The van der Waals surface area contributed by atoms with Crippen molar-refractivity contribution in [2.75, 3.05) is 12.3 Å². The molecule has 0 unspecified atom stereocenters. The topological polar surface area (TPSA) is 38.0 Å². The predicted molar refractivity (Wildman–Crippen MR) is 55.5 cm³/mol. The lowest BCUT2D eigenvalue weighted by molar-refractivity contribution is 0.726. The van der Waals surface area contributed by atoms with E-state index in [9.17, 15) is 0 Å². The highest BCUT2D eigenvalue weighted by molar-refractivity contribution is 7.80. The van der Waals surface area contributed by atoms with Crippen LogP contribution in [0.5, 0.6) is 0 Å². The van der Waals surface area contributed by atoms with Crippen LogP contribution in [0, 0.1) is 0 Å². The Hall–Kier alpha value is -0.670. The molecule has 1 rings (SSSR count). The van der Waals surface area contributed by atoms with Crippen LogP contribution >= 0.6 is 12.6 Å². The van der Waals surface area contributed by atoms with Gasteiger partial charge in [-0.1, -0.05) is 13.0 Å². The van der Waals surface area contributed by atoms with Gasteiger partial charge in [0.25, 0.3) is 0 Å². The first-order chi connectivity index (χ1) is 5.74. The third-order valence-corrected chi connectivity index (χ3v) is 2.06. The quantitative estimate of drug-likeness (QED) is 0.491. The SMILES string of the molecule is CCNCc1ccc(N)c(S)c1. The molecule has 0 aliphatic carbocycles. The fraction of sp³-hybridized carbons (Fsp3) is 0.333. The summed E-state index contributed by atoms with van der Waals surface area (Å²) in [5, 5.41) is 3.24. The highest BCUT2D eigenvalue weighted by Gasteiger charge is 1.95. The van der Waals surface area contributed by atoms with E-state index in [2.05, 4.69) is 24.9 Å². The molecule has 1 aromatic rings. The van der Waals surface area contributed by atoms with Gasteiger partial charge in [0.05, 0.1) is 0 Å². The molecule has 0 saturated carbocycles. The number of nitrogens with one attached hydrogen (secondary N) is 1. The van der Waals surface area contributed by atoms with E-state index >= 15 is 0 Å². The van der Waals surface area contributed by atoms with Gasteiger partial charge in [-0.05, 0) is 24.2 Å². The number of thiol groups is 1. The van der Waals surface area contributed by atoms with Crippen molar-refractivity contribution >= 4 is 18.3 Å². The van der Waals surface area contributed by atoms with Crippen LogP contribution in [0.4, 0.5) is 5.69 Å². The Morgan fingerprint density at radius 3 is 2.83 bits per heavy atom. The lowest BCUT2D eigenvalue weighted by atomic mass is 10.2. The monoisotopic (exact) mass is 182 g/mol. The molecule has 0 heterocycles. The molecule has 0 spiro atoms. The number of nitrogen functional groups attached to an aromatic ring is 1. The fourth-order valence-corrected chi connectivity index (χ4v) is 1.21. The van der Waals surface area contributed by atoms with Gasteiger partial charge in [0.15, 0.2) is 0 Å². The van der Waals surface area contributed by atoms with Crippen LogP contribution in [0.2, 0.25) is 0 Å². The van der Waals surface area contributed by atoms with E-state index < -0.39 is 0 Å². The molecule has 3 heteroatoms. The van der Waals surface area contributed by atoms with Crippen molar-refractivity contribution in [2.45, 2.75) is 18.4 Å². The lowest BCUT2D eigenvalue weighted by Crippen LogP contribution is -2.11. The summed E-state index contributed by atoms with van der Waals surface area (Å²) in [6, 6.07) is 5.88. The molecule has 0 fully saturated rings. The second-order valence-corrected chi connectivity index (χ2v) is 3.16. The summed E-state index contributed by atoms with van der Waals surface area (Å²) in [5.74, 6) is 0. The second kappa shape index (κ2) is 4.38. The van der Waals surface area contributed by atoms with Crippen molar-refractivity contribution in [3.8, 4) is 0 Å². The molecule has 0 amide bonds. The smallest absolute Gasteiger partial charge is 0.0449 e. The third-order valence-electron chi connectivity index (χ3n) is 1.67. The minimum absolute atomic E-state index is 0.735. The number of hydrogen-bond donors (Lipinski definition) is 3. The number of benzene rings is 1. The Labute approximate surface area is 78.6 Å². The van der Waals surface area contributed by atoms with Crippen molar-refractivity contribution in [1.82, 2.24) is 5.32 Å². The van der Waals surface area contributed by atoms with E-state index in [1.165, 1.54) is 5.56 Å². The van der Waals surface area contributed by atoms with Crippen LogP contribution < -0.4 is 11.1 Å². The molecule has 1 aromatic carbocycles. The molecular formula is C9H14N2S. The molecule has 0 aliphatic rings. The van der Waals surface area contributed by atoms with Crippen molar-refractivity contribution in [2.24, 2.45) is 0 Å². The zero-order valence-corrected chi connectivity index (χ0v) is 8.07. The van der Waals surface area contributed by atoms with Gasteiger partial charge < -0.3 is 11.1 Å². The first-order valence-electron chi connectivity index (χ1n) is 4.02. The minimum atomic E-state index is 0.735. The van der Waals surface area contributed by atoms with Crippen molar-refractivity contribution < 1.29 is 0 Å². The maximum atomic E-state index is 5.62. The third kappa shape index (κ3) is 2.43. The molecule has 12 heavy (non-hydrogen) atoms. The first-order valence-corrected chi connectivity index (χ1v) is 4.47. The van der Waals surface area contributed by atoms with Gasteiger partial charge in [-0.2, -0.15) is 0 Å². The molecule has 0 bridgehead atoms. The molecule has 66 valence electrons. The second-order valence-electron chi connectivity index (χ2n) is 2.67. The molecule has 2 nitrogen and oxygen atoms in total. The highest BCUT2D eigenvalue weighted by atomic mass is 32.1. The maximum absolute atomic E-state index is 5.62. The Bertz CT molecular complexity index is 261. The number of anilines is 1. The standard InChI is InChI=1S/C9H14N2S/c1-2-11-6-7-3-4-8(10)9(12)5-7/h3-5,11-12H,2,6,10H2,1H3. The number of nitrogens with two attached hydrogens (primary N) is 1. The summed E-state index contributed by atoms with van der Waals surface area (Å²) in [6.07, 6.45) is 0. The number of rotatable bonds is 3. The van der Waals surface area contributed by atoms with Crippen LogP contribution in [-0.2, 0) is 6.54 Å². The van der Waals surface area contributed by atoms with Gasteiger partial charge in [0.1, 0.15) is 0 Å². The normalized spacial score (nSPS) is 10.2. The van der Waals surface area contributed by atoms with Crippen molar-refractivity contribution in [3.63, 3.8) is 0 Å². The average Bonchev–Trinajstić information content (AvgIpc) is 2.07. The van der Waals surface area contributed by atoms with Crippen LogP contribution in [-0.4, -0.2) is 6.54 Å². The lowest BCUT2D eigenvalue weighted by Gasteiger charge is -2.04. The molecular weight excluding hydrogens is 168 g/mol. The van der Waals surface area contributed by atoms with E-state index in [1.807, 2.05) is 18.2 Å². The van der Waals surface area contributed by atoms with Crippen LogP contribution in [0.1, 0.15) is 12.5 Å². The van der Waals surface area contributed by atoms with Crippen molar-refractivity contribution in [3.05, 3.63) is 23.8 Å². The van der Waals surface area contributed by atoms with E-state index in [-0.39, 0.29) is 0 Å². The summed E-state index contributed by atoms with van der Waals surface area (Å²) < 4.78 is 0. The Balaban J connectivity index is 2.69. The number of hydrogen-bond acceptors (Lipinski definition) is 3. The summed E-state index contributed by atoms with van der Waals surface area (Å²) >= 11 is 4.24. The Morgan fingerprint density at radius 1 is 1.50 bits per heavy atom. The Morgan fingerprint density at radius 2 is 2.25 bits per heavy atom. The molecule has 0 saturated heterocycles. The predicted octanol–water partition coefficient (Wildman–Crippen LogP) is 1.67. The van der Waals surface area contributed by atoms with Gasteiger partial charge in [0.2, 0.25) is 0 Å². The van der Waals surface area contributed by atoms with Gasteiger partial charge in [-0.25, -0.2) is 0 Å². The van der Waals surface area contributed by atoms with Gasteiger partial charge in [-0.15, -0.1) is 12.6 Å². The highest BCUT2D eigenvalue weighted by Crippen LogP contribution is 2.17. The van der Waals surface area contributed by atoms with Gasteiger partial charge >= 0.3 is 0 Å². The zero-order valence-electron chi connectivity index (χ0n) is 7.17. The minimum Gasteiger partial charge on any atom is -0.398 e. The van der Waals surface area contributed by atoms with E-state index in [0.717, 1.165) is 23.7 Å². The zero-order chi connectivity index (χ0) is 8.97. The van der Waals surface area contributed by atoms with Gasteiger partial charge in [-0.3, -0.25) is 0 Å². The van der Waals surface area contributed by atoms with Crippen LogP contribution in [0.25, 0.3) is 0 Å².